The van der Waals surface area contributed by atoms with Crippen LogP contribution >= 0.6 is 22.9 Å². The molecule has 0 aliphatic rings. The highest BCUT2D eigenvalue weighted by Gasteiger charge is 1.95. The van der Waals surface area contributed by atoms with Crippen LogP contribution in [-0.2, 0) is 0 Å². The quantitative estimate of drug-likeness (QED) is 0.333. The number of unbranched alkanes of at least 4 members (excludes halogenated alkanes) is 2. The first-order valence-electron chi connectivity index (χ1n) is 3.04. The number of hydrogen-bond donors (Lipinski definition) is 0. The Morgan fingerprint density at radius 3 is 2.56 bits per heavy atom. The average Bonchev–Trinajstić information content (AvgIpc) is 1.80. The lowest BCUT2D eigenvalue weighted by Gasteiger charge is -1.82. The molecule has 0 aliphatic carbocycles. The lowest BCUT2D eigenvalue weighted by molar-refractivity contribution is 0.828. The van der Waals surface area contributed by atoms with Crippen LogP contribution < -0.4 is 0 Å². The minimum absolute atomic E-state index is 0.512. The molecule has 0 rings (SSSR count). The maximum absolute atomic E-state index is 5.35. The second-order valence-corrected chi connectivity index (χ2v) is 2.82. The third kappa shape index (κ3) is 8.20. The molecule has 0 saturated heterocycles. The second-order valence-electron chi connectivity index (χ2n) is 1.73. The fourth-order valence-electron chi connectivity index (χ4n) is 0.414. The van der Waals surface area contributed by atoms with E-state index in [-0.39, 0.29) is 0 Å². The first-order valence-corrected chi connectivity index (χ1v) is 3.91. The van der Waals surface area contributed by atoms with Crippen molar-refractivity contribution in [2.75, 3.05) is 0 Å². The van der Waals surface area contributed by atoms with E-state index >= 15 is 0 Å². The van der Waals surface area contributed by atoms with E-state index in [1.165, 1.54) is 6.42 Å². The Labute approximate surface area is 66.8 Å². The molecule has 0 radical (unpaired) electrons. The van der Waals surface area contributed by atoms with Gasteiger partial charge in [0.25, 0.3) is 0 Å². The number of rotatable bonds is 2. The third-order valence-electron chi connectivity index (χ3n) is 0.867. The molecule has 0 aromatic heterocycles. The third-order valence-corrected chi connectivity index (χ3v) is 1.08. The molecule has 0 saturated carbocycles. The predicted octanol–water partition coefficient (Wildman–Crippen LogP) is 2.69. The summed E-state index contributed by atoms with van der Waals surface area (Å²) in [5.41, 5.74) is -0.512. The highest BCUT2D eigenvalue weighted by Crippen LogP contribution is 1.94. The van der Waals surface area contributed by atoms with Crippen molar-refractivity contribution in [2.45, 2.75) is 26.2 Å². The highest BCUT2D eigenvalue weighted by molar-refractivity contribution is 7.37. The fourth-order valence-corrected chi connectivity index (χ4v) is 0.569. The minimum Gasteiger partial charge on any atom is -0.153 e. The van der Waals surface area contributed by atoms with Gasteiger partial charge in [0, 0.05) is 6.42 Å². The van der Waals surface area contributed by atoms with Crippen LogP contribution in [0.3, 0.4) is 0 Å². The van der Waals surface area contributed by atoms with Crippen molar-refractivity contribution >= 4 is 28.5 Å². The van der Waals surface area contributed by atoms with Crippen LogP contribution in [0.1, 0.15) is 26.2 Å². The Morgan fingerprint density at radius 1 is 1.44 bits per heavy atom. The van der Waals surface area contributed by atoms with E-state index < -0.39 is 5.54 Å². The van der Waals surface area contributed by atoms with E-state index in [0.29, 0.717) is 0 Å². The summed E-state index contributed by atoms with van der Waals surface area (Å²) in [6, 6.07) is 0. The van der Waals surface area contributed by atoms with Crippen LogP contribution in [-0.4, -0.2) is 5.54 Å². The molecule has 0 amide bonds. The van der Waals surface area contributed by atoms with Gasteiger partial charge >= 0.3 is 5.54 Å². The SMILES string of the molecule is CCCCC#CB(Cl)Cl. The molecule has 9 heavy (non-hydrogen) atoms. The summed E-state index contributed by atoms with van der Waals surface area (Å²) in [6.07, 6.45) is 3.21. The van der Waals surface area contributed by atoms with E-state index in [0.717, 1.165) is 12.8 Å². The Balaban J connectivity index is 3.16. The standard InChI is InChI=1S/C6H9BCl2/c1-2-3-4-5-6-7(8)9/h2-4H2,1H3. The normalized spacial score (nSPS) is 7.89. The lowest BCUT2D eigenvalue weighted by Crippen LogP contribution is -1.83. The predicted molar refractivity (Wildman–Crippen MR) is 44.8 cm³/mol. The van der Waals surface area contributed by atoms with Crippen molar-refractivity contribution < 1.29 is 0 Å². The van der Waals surface area contributed by atoms with Crippen molar-refractivity contribution in [3.8, 4) is 11.7 Å². The van der Waals surface area contributed by atoms with Gasteiger partial charge in [-0.1, -0.05) is 13.3 Å². The summed E-state index contributed by atoms with van der Waals surface area (Å²) in [7, 11) is 0. The van der Waals surface area contributed by atoms with E-state index in [1.807, 2.05) is 0 Å². The van der Waals surface area contributed by atoms with Crippen molar-refractivity contribution in [2.24, 2.45) is 0 Å². The molecule has 0 bridgehead atoms. The summed E-state index contributed by atoms with van der Waals surface area (Å²) < 4.78 is 0. The van der Waals surface area contributed by atoms with Gasteiger partial charge in [0.05, 0.1) is 0 Å². The molecule has 0 aromatic rings. The van der Waals surface area contributed by atoms with Crippen LogP contribution in [0.5, 0.6) is 0 Å². The first kappa shape index (κ1) is 9.20. The van der Waals surface area contributed by atoms with Gasteiger partial charge in [-0.2, -0.15) is 22.9 Å². The lowest BCUT2D eigenvalue weighted by atomic mass is 10.1. The first-order chi connectivity index (χ1) is 4.27. The molecule has 0 atom stereocenters. The topological polar surface area (TPSA) is 0 Å². The molecule has 0 nitrogen and oxygen atoms in total. The summed E-state index contributed by atoms with van der Waals surface area (Å²) in [4.78, 5) is 0. The summed E-state index contributed by atoms with van der Waals surface area (Å²) in [6.45, 7) is 2.13. The maximum Gasteiger partial charge on any atom is 0.431 e. The van der Waals surface area contributed by atoms with E-state index in [1.54, 1.807) is 0 Å². The average molecular weight is 163 g/mol. The zero-order valence-electron chi connectivity index (χ0n) is 5.45. The van der Waals surface area contributed by atoms with Crippen molar-refractivity contribution in [1.29, 1.82) is 0 Å². The largest absolute Gasteiger partial charge is 0.431 e. The van der Waals surface area contributed by atoms with Gasteiger partial charge in [-0.15, -0.1) is 11.7 Å². The molecule has 0 aliphatic heterocycles. The van der Waals surface area contributed by atoms with Crippen molar-refractivity contribution in [3.63, 3.8) is 0 Å². The van der Waals surface area contributed by atoms with E-state index in [4.69, 9.17) is 22.9 Å². The smallest absolute Gasteiger partial charge is 0.153 e. The molecule has 0 heterocycles. The van der Waals surface area contributed by atoms with Gasteiger partial charge in [-0.3, -0.25) is 0 Å². The van der Waals surface area contributed by atoms with Crippen molar-refractivity contribution in [1.82, 2.24) is 0 Å². The van der Waals surface area contributed by atoms with Crippen molar-refractivity contribution in [3.05, 3.63) is 0 Å². The van der Waals surface area contributed by atoms with Crippen LogP contribution in [0.25, 0.3) is 0 Å². The molecule has 0 fully saturated rings. The fraction of sp³-hybridized carbons (Fsp3) is 0.667. The molecule has 0 aromatic carbocycles. The van der Waals surface area contributed by atoms with Crippen LogP contribution in [0.2, 0.25) is 0 Å². The maximum atomic E-state index is 5.35. The Bertz CT molecular complexity index is 112. The summed E-state index contributed by atoms with van der Waals surface area (Å²) in [5.74, 6) is 5.53. The minimum atomic E-state index is -0.512. The molecule has 50 valence electrons. The zero-order valence-corrected chi connectivity index (χ0v) is 6.97. The van der Waals surface area contributed by atoms with Gasteiger partial charge < -0.3 is 0 Å². The summed E-state index contributed by atoms with van der Waals surface area (Å²) >= 11 is 10.7. The van der Waals surface area contributed by atoms with Gasteiger partial charge in [-0.05, 0) is 6.42 Å². The Hall–Kier alpha value is 0.205. The molecule has 0 spiro atoms. The Kier molecular flexibility index (Phi) is 6.47. The summed E-state index contributed by atoms with van der Waals surface area (Å²) in [5, 5.41) is 0. The molecular weight excluding hydrogens is 154 g/mol. The van der Waals surface area contributed by atoms with E-state index in [9.17, 15) is 0 Å². The molecule has 3 heteroatoms. The molecular formula is C6H9BCl2. The van der Waals surface area contributed by atoms with Gasteiger partial charge in [-0.25, -0.2) is 0 Å². The van der Waals surface area contributed by atoms with Gasteiger partial charge in [0.1, 0.15) is 0 Å². The van der Waals surface area contributed by atoms with Crippen LogP contribution in [0.15, 0.2) is 0 Å². The van der Waals surface area contributed by atoms with Crippen LogP contribution in [0, 0.1) is 11.7 Å². The number of hydrogen-bond acceptors (Lipinski definition) is 0. The second kappa shape index (κ2) is 6.33. The van der Waals surface area contributed by atoms with E-state index in [2.05, 4.69) is 18.7 Å². The highest BCUT2D eigenvalue weighted by atomic mass is 35.5. The Morgan fingerprint density at radius 2 is 2.11 bits per heavy atom. The molecule has 0 unspecified atom stereocenters. The van der Waals surface area contributed by atoms with Crippen LogP contribution in [0.4, 0.5) is 0 Å². The monoisotopic (exact) mass is 162 g/mol. The zero-order chi connectivity index (χ0) is 7.11. The molecule has 0 N–H and O–H groups in total. The number of halogens is 2. The van der Waals surface area contributed by atoms with Gasteiger partial charge in [0.15, 0.2) is 0 Å². The van der Waals surface area contributed by atoms with Gasteiger partial charge in [0.2, 0.25) is 0 Å².